The van der Waals surface area contributed by atoms with E-state index in [0.29, 0.717) is 0 Å². The quantitative estimate of drug-likeness (QED) is 0.481. The van der Waals surface area contributed by atoms with Crippen LogP contribution in [-0.2, 0) is 20.4 Å². The fraction of sp³-hybridized carbons (Fsp3) is 0.333. The van der Waals surface area contributed by atoms with Gasteiger partial charge in [0.2, 0.25) is 0 Å². The minimum Gasteiger partial charge on any atom is -0.450 e. The first-order chi connectivity index (χ1) is 5.41. The van der Waals surface area contributed by atoms with Crippen LogP contribution < -0.4 is 4.98 Å². The van der Waals surface area contributed by atoms with Crippen LogP contribution in [0.5, 0.6) is 0 Å². The molecule has 0 fully saturated rings. The first kappa shape index (κ1) is 14.2. The van der Waals surface area contributed by atoms with E-state index in [4.69, 9.17) is 0 Å². The largest absolute Gasteiger partial charge is 0.450 e. The van der Waals surface area contributed by atoms with Crippen LogP contribution in [0.4, 0.5) is 0 Å². The number of unbranched alkanes of at least 4 members (excludes halogenated alkanes) is 2. The van der Waals surface area contributed by atoms with Crippen molar-refractivity contribution in [2.45, 2.75) is 19.8 Å². The smallest absolute Gasteiger partial charge is 0 e. The van der Waals surface area contributed by atoms with Gasteiger partial charge in [-0.15, -0.1) is 6.58 Å². The molecule has 1 radical (unpaired) electrons. The molecule has 0 aliphatic carbocycles. The molecule has 0 N–H and O–H groups in total. The molecule has 0 amide bonds. The first-order valence-corrected chi connectivity index (χ1v) is 3.67. The predicted molar refractivity (Wildman–Crippen MR) is 47.0 cm³/mol. The Hall–Kier alpha value is -0.388. The second-order valence-corrected chi connectivity index (χ2v) is 1.99. The summed E-state index contributed by atoms with van der Waals surface area (Å²) >= 11 is 0. The zero-order chi connectivity index (χ0) is 8.36. The molecule has 0 atom stereocenters. The normalized spacial score (nSPS) is 7.42. The van der Waals surface area contributed by atoms with Crippen molar-refractivity contribution >= 4 is 0 Å². The number of hydrogen-bond acceptors (Lipinski definition) is 1. The van der Waals surface area contributed by atoms with Gasteiger partial charge >= 0.3 is 0 Å². The summed E-state index contributed by atoms with van der Waals surface area (Å²) in [6.45, 7) is 5.64. The summed E-state index contributed by atoms with van der Waals surface area (Å²) in [6, 6.07) is 0. The average Bonchev–Trinajstić information content (AvgIpc) is 2.57. The molecule has 0 bridgehead atoms. The second-order valence-electron chi connectivity index (χ2n) is 1.99. The van der Waals surface area contributed by atoms with E-state index in [-0.39, 0.29) is 20.4 Å². The molecule has 12 heavy (non-hydrogen) atoms. The van der Waals surface area contributed by atoms with E-state index in [9.17, 15) is 0 Å². The summed E-state index contributed by atoms with van der Waals surface area (Å²) in [5, 5.41) is 0. The molecular formula is C9H14N2Re-2. The Morgan fingerprint density at radius 2 is 2.42 bits per heavy atom. The molecule has 1 heterocycles. The number of aromatic nitrogens is 2. The maximum atomic E-state index is 3.61. The number of imidazole rings is 1. The second kappa shape index (κ2) is 13.2. The Labute approximate surface area is 88.1 Å². The molecule has 1 aromatic rings. The summed E-state index contributed by atoms with van der Waals surface area (Å²) in [4.78, 5) is 7.22. The Bertz CT molecular complexity index is 132. The first-order valence-electron chi connectivity index (χ1n) is 3.67. The minimum atomic E-state index is 0. The van der Waals surface area contributed by atoms with Gasteiger partial charge in [0, 0.05) is 20.4 Å². The van der Waals surface area contributed by atoms with Gasteiger partial charge in [0.25, 0.3) is 0 Å². The van der Waals surface area contributed by atoms with E-state index in [1.165, 1.54) is 12.7 Å². The molecule has 0 saturated carbocycles. The summed E-state index contributed by atoms with van der Waals surface area (Å²) in [6.07, 6.45) is 11.1. The third-order valence-electron chi connectivity index (χ3n) is 1.03. The van der Waals surface area contributed by atoms with Crippen LogP contribution in [0.1, 0.15) is 19.8 Å². The van der Waals surface area contributed by atoms with Crippen molar-refractivity contribution in [2.75, 3.05) is 0 Å². The molecule has 1 rings (SSSR count). The van der Waals surface area contributed by atoms with Crippen LogP contribution in [0.25, 0.3) is 0 Å². The van der Waals surface area contributed by atoms with E-state index < -0.39 is 0 Å². The van der Waals surface area contributed by atoms with Crippen LogP contribution in [0.3, 0.4) is 0 Å². The van der Waals surface area contributed by atoms with E-state index in [2.05, 4.69) is 29.9 Å². The van der Waals surface area contributed by atoms with Gasteiger partial charge in [0.05, 0.1) is 0 Å². The molecule has 3 heteroatoms. The molecule has 0 aromatic carbocycles. The van der Waals surface area contributed by atoms with Crippen LogP contribution in [0, 0.1) is 6.42 Å². The Kier molecular flexibility index (Phi) is 15.6. The molecule has 0 aliphatic heterocycles. The van der Waals surface area contributed by atoms with E-state index in [1.54, 1.807) is 12.4 Å². The minimum absolute atomic E-state index is 0. The van der Waals surface area contributed by atoms with Gasteiger partial charge in [0.15, 0.2) is 0 Å². The van der Waals surface area contributed by atoms with Crippen molar-refractivity contribution in [3.05, 3.63) is 37.8 Å². The van der Waals surface area contributed by atoms with Crippen LogP contribution in [-0.4, -0.2) is 4.98 Å². The zero-order valence-electron chi connectivity index (χ0n) is 7.28. The summed E-state index contributed by atoms with van der Waals surface area (Å²) in [5.41, 5.74) is 0. The SMILES string of the molecule is C=CCC[CH-]C.[Re].c1c[n-]cn1. The molecule has 69 valence electrons. The van der Waals surface area contributed by atoms with Crippen molar-refractivity contribution in [1.82, 2.24) is 9.97 Å². The van der Waals surface area contributed by atoms with Gasteiger partial charge in [-0.2, -0.15) is 13.3 Å². The number of nitrogens with zero attached hydrogens (tertiary/aromatic N) is 2. The van der Waals surface area contributed by atoms with E-state index >= 15 is 0 Å². The molecule has 2 nitrogen and oxygen atoms in total. The fourth-order valence-electron chi connectivity index (χ4n) is 0.477. The van der Waals surface area contributed by atoms with Crippen molar-refractivity contribution in [2.24, 2.45) is 0 Å². The maximum absolute atomic E-state index is 3.61. The van der Waals surface area contributed by atoms with Crippen LogP contribution >= 0.6 is 0 Å². The summed E-state index contributed by atoms with van der Waals surface area (Å²) in [7, 11) is 0. The van der Waals surface area contributed by atoms with Gasteiger partial charge in [0.1, 0.15) is 0 Å². The fourth-order valence-corrected chi connectivity index (χ4v) is 0.477. The monoisotopic (exact) mass is 337 g/mol. The van der Waals surface area contributed by atoms with Crippen molar-refractivity contribution < 1.29 is 20.4 Å². The molecular weight excluding hydrogens is 322 g/mol. The van der Waals surface area contributed by atoms with Gasteiger partial charge in [-0.05, 0) is 0 Å². The van der Waals surface area contributed by atoms with Crippen molar-refractivity contribution in [3.63, 3.8) is 0 Å². The number of rotatable bonds is 3. The molecule has 0 saturated heterocycles. The van der Waals surface area contributed by atoms with Gasteiger partial charge in [-0.3, -0.25) is 0 Å². The average molecular weight is 336 g/mol. The Morgan fingerprint density at radius 3 is 2.58 bits per heavy atom. The predicted octanol–water partition coefficient (Wildman–Crippen LogP) is 2.21. The van der Waals surface area contributed by atoms with Crippen LogP contribution in [0.15, 0.2) is 31.4 Å². The number of hydrogen-bond donors (Lipinski definition) is 0. The van der Waals surface area contributed by atoms with Crippen LogP contribution in [0.2, 0.25) is 0 Å². The molecule has 0 unspecified atom stereocenters. The maximum Gasteiger partial charge on any atom is 0 e. The Balaban J connectivity index is 0. The third kappa shape index (κ3) is 12.3. The Morgan fingerprint density at radius 1 is 1.67 bits per heavy atom. The van der Waals surface area contributed by atoms with Gasteiger partial charge in [-0.1, -0.05) is 31.2 Å². The van der Waals surface area contributed by atoms with Gasteiger partial charge in [-0.25, -0.2) is 0 Å². The molecule has 0 aliphatic rings. The topological polar surface area (TPSA) is 27.0 Å². The van der Waals surface area contributed by atoms with Gasteiger partial charge < -0.3 is 16.4 Å². The standard InChI is InChI=1S/C6H11.C3H3N2.Re/c1-3-5-6-4-2;1-2-5-3-4-1;/h3-4H,1,5-6H2,2H3;1-3H;/q2*-1;. The van der Waals surface area contributed by atoms with Crippen molar-refractivity contribution in [1.29, 1.82) is 0 Å². The summed E-state index contributed by atoms with van der Waals surface area (Å²) in [5.74, 6) is 0. The number of allylic oxidation sites excluding steroid dienone is 1. The van der Waals surface area contributed by atoms with E-state index in [0.717, 1.165) is 6.42 Å². The summed E-state index contributed by atoms with van der Waals surface area (Å²) < 4.78 is 0. The third-order valence-corrected chi connectivity index (χ3v) is 1.03. The zero-order valence-corrected chi connectivity index (χ0v) is 10.00. The van der Waals surface area contributed by atoms with Crippen molar-refractivity contribution in [3.8, 4) is 0 Å². The van der Waals surface area contributed by atoms with E-state index in [1.807, 2.05) is 6.08 Å². The molecule has 1 aromatic heterocycles. The molecule has 0 spiro atoms.